The molecule has 3 saturated heterocycles. The fourth-order valence-corrected chi connectivity index (χ4v) is 5.15. The van der Waals surface area contributed by atoms with Gasteiger partial charge >= 0.3 is 0 Å². The summed E-state index contributed by atoms with van der Waals surface area (Å²) in [7, 11) is 0. The predicted molar refractivity (Wildman–Crippen MR) is 111 cm³/mol. The Kier molecular flexibility index (Phi) is 6.17. The van der Waals surface area contributed by atoms with Crippen LogP contribution in [0.15, 0.2) is 18.2 Å². The largest absolute Gasteiger partial charge is 0.355 e. The first-order chi connectivity index (χ1) is 13.5. The number of rotatable bonds is 5. The Morgan fingerprint density at radius 1 is 1.14 bits per heavy atom. The van der Waals surface area contributed by atoms with Crippen LogP contribution in [-0.4, -0.2) is 60.8 Å². The van der Waals surface area contributed by atoms with Crippen molar-refractivity contribution in [2.75, 3.05) is 32.7 Å². The summed E-state index contributed by atoms with van der Waals surface area (Å²) in [5.74, 6) is 0.117. The highest BCUT2D eigenvalue weighted by molar-refractivity contribution is 6.42. The minimum atomic E-state index is -0.631. The molecule has 3 aliphatic rings. The molecule has 4 nitrogen and oxygen atoms in total. The first-order valence-corrected chi connectivity index (χ1v) is 11.1. The first kappa shape index (κ1) is 20.4. The average molecular weight is 428 g/mol. The Morgan fingerprint density at radius 3 is 2.54 bits per heavy atom. The van der Waals surface area contributed by atoms with Gasteiger partial charge < -0.3 is 5.32 Å². The lowest BCUT2D eigenvalue weighted by molar-refractivity contribution is -0.123. The molecular weight excluding hydrogens is 400 g/mol. The minimum Gasteiger partial charge on any atom is -0.355 e. The van der Waals surface area contributed by atoms with Gasteiger partial charge in [0.25, 0.3) is 0 Å². The molecule has 7 heteroatoms. The van der Waals surface area contributed by atoms with Crippen LogP contribution in [-0.2, 0) is 10.2 Å². The highest BCUT2D eigenvalue weighted by Crippen LogP contribution is 2.39. The third kappa shape index (κ3) is 4.18. The van der Waals surface area contributed by atoms with Gasteiger partial charge in [0.2, 0.25) is 5.91 Å². The van der Waals surface area contributed by atoms with Crippen LogP contribution in [0, 0.1) is 0 Å². The second kappa shape index (κ2) is 8.47. The van der Waals surface area contributed by atoms with E-state index in [4.69, 9.17) is 23.2 Å². The van der Waals surface area contributed by atoms with Crippen LogP contribution in [0.25, 0.3) is 0 Å². The summed E-state index contributed by atoms with van der Waals surface area (Å²) in [6, 6.07) is 5.86. The highest BCUT2D eigenvalue weighted by atomic mass is 35.5. The summed E-state index contributed by atoms with van der Waals surface area (Å²) in [4.78, 5) is 16.7. The predicted octanol–water partition coefficient (Wildman–Crippen LogP) is 4.00. The molecular formula is C21H28Cl2FN3O. The molecule has 1 amide bonds. The topological polar surface area (TPSA) is 35.6 Å². The number of hydrogen-bond donors (Lipinski definition) is 1. The number of carbonyl (C=O) groups excluding carboxylic acids is 1. The van der Waals surface area contributed by atoms with Crippen LogP contribution < -0.4 is 5.32 Å². The van der Waals surface area contributed by atoms with Crippen LogP contribution in [0.5, 0.6) is 0 Å². The van der Waals surface area contributed by atoms with Crippen molar-refractivity contribution in [1.29, 1.82) is 0 Å². The van der Waals surface area contributed by atoms with Crippen LogP contribution in [0.2, 0.25) is 10.0 Å². The van der Waals surface area contributed by atoms with Crippen molar-refractivity contribution >= 4 is 29.1 Å². The molecule has 0 aromatic heterocycles. The highest BCUT2D eigenvalue weighted by Gasteiger charge is 2.40. The molecule has 2 unspecified atom stereocenters. The number of hydrogen-bond acceptors (Lipinski definition) is 3. The standard InChI is InChI=1S/C21H28Cl2FN3O/c22-17-2-1-15(13-18(17)23)21(7-3-19(28)25-14-21)8-12-27-11-6-20(27)26-9-4-16(24)5-10-26/h1-2,13,16,20H,3-12,14H2,(H,25,28). The quantitative estimate of drug-likeness (QED) is 0.770. The number of nitrogens with one attached hydrogen (secondary N) is 1. The molecule has 0 bridgehead atoms. The van der Waals surface area contributed by atoms with Crippen LogP contribution in [0.4, 0.5) is 4.39 Å². The second-order valence-electron chi connectivity index (χ2n) is 8.45. The molecule has 0 radical (unpaired) electrons. The van der Waals surface area contributed by atoms with Crippen molar-refractivity contribution in [2.45, 2.75) is 56.3 Å². The monoisotopic (exact) mass is 427 g/mol. The first-order valence-electron chi connectivity index (χ1n) is 10.3. The SMILES string of the molecule is O=C1CCC(CCN2CCC2N2CCC(F)CC2)(c2ccc(Cl)c(Cl)c2)CN1. The molecule has 3 fully saturated rings. The van der Waals surface area contributed by atoms with E-state index in [1.165, 1.54) is 0 Å². The van der Waals surface area contributed by atoms with Gasteiger partial charge in [0.05, 0.1) is 16.2 Å². The van der Waals surface area contributed by atoms with Crippen molar-refractivity contribution < 1.29 is 9.18 Å². The van der Waals surface area contributed by atoms with E-state index in [1.54, 1.807) is 0 Å². The van der Waals surface area contributed by atoms with E-state index < -0.39 is 6.17 Å². The second-order valence-corrected chi connectivity index (χ2v) is 9.27. The van der Waals surface area contributed by atoms with Gasteiger partial charge in [-0.1, -0.05) is 29.3 Å². The Hall–Kier alpha value is -0.880. The molecule has 28 heavy (non-hydrogen) atoms. The van der Waals surface area contributed by atoms with Crippen LogP contribution in [0.3, 0.4) is 0 Å². The zero-order valence-corrected chi connectivity index (χ0v) is 17.6. The maximum Gasteiger partial charge on any atom is 0.220 e. The summed E-state index contributed by atoms with van der Waals surface area (Å²) < 4.78 is 13.5. The molecule has 2 atom stereocenters. The van der Waals surface area contributed by atoms with Gasteiger partial charge in [-0.15, -0.1) is 0 Å². The van der Waals surface area contributed by atoms with Gasteiger partial charge in [-0.05, 0) is 49.8 Å². The molecule has 1 N–H and O–H groups in total. The maximum atomic E-state index is 13.5. The lowest BCUT2D eigenvalue weighted by atomic mass is 9.72. The molecule has 0 aliphatic carbocycles. The van der Waals surface area contributed by atoms with E-state index in [9.17, 15) is 9.18 Å². The number of amides is 1. The molecule has 3 heterocycles. The van der Waals surface area contributed by atoms with Crippen molar-refractivity contribution in [3.8, 4) is 0 Å². The number of halogens is 3. The van der Waals surface area contributed by atoms with Crippen molar-refractivity contribution in [2.24, 2.45) is 0 Å². The smallest absolute Gasteiger partial charge is 0.220 e. The summed E-state index contributed by atoms with van der Waals surface area (Å²) >= 11 is 12.4. The number of likely N-dealkylation sites (tertiary alicyclic amines) is 2. The molecule has 1 aromatic rings. The van der Waals surface area contributed by atoms with E-state index >= 15 is 0 Å². The lowest BCUT2D eigenvalue weighted by Crippen LogP contribution is -2.60. The maximum absolute atomic E-state index is 13.5. The molecule has 3 aliphatic heterocycles. The Balaban J connectivity index is 1.44. The normalized spacial score (nSPS) is 30.1. The van der Waals surface area contributed by atoms with Gasteiger partial charge in [0.15, 0.2) is 0 Å². The van der Waals surface area contributed by atoms with E-state index in [1.807, 2.05) is 18.2 Å². The zero-order valence-electron chi connectivity index (χ0n) is 16.1. The number of carbonyl (C=O) groups is 1. The minimum absolute atomic E-state index is 0.117. The molecule has 0 saturated carbocycles. The van der Waals surface area contributed by atoms with Gasteiger partial charge in [0.1, 0.15) is 6.17 Å². The molecule has 1 aromatic carbocycles. The van der Waals surface area contributed by atoms with Crippen molar-refractivity contribution in [3.63, 3.8) is 0 Å². The summed E-state index contributed by atoms with van der Waals surface area (Å²) in [5.41, 5.74) is 1.03. The van der Waals surface area contributed by atoms with E-state index in [0.29, 0.717) is 42.0 Å². The number of piperidine rings is 2. The van der Waals surface area contributed by atoms with Crippen molar-refractivity contribution in [1.82, 2.24) is 15.1 Å². The summed E-state index contributed by atoms with van der Waals surface area (Å²) in [5, 5.41) is 4.18. The third-order valence-corrected chi connectivity index (χ3v) is 7.58. The van der Waals surface area contributed by atoms with Crippen LogP contribution in [0.1, 0.15) is 44.1 Å². The Morgan fingerprint density at radius 2 is 1.93 bits per heavy atom. The van der Waals surface area contributed by atoms with Gasteiger partial charge in [0, 0.05) is 44.6 Å². The van der Waals surface area contributed by atoms with Gasteiger partial charge in [-0.2, -0.15) is 0 Å². The number of benzene rings is 1. The number of nitrogens with zero attached hydrogens (tertiary/aromatic N) is 2. The molecule has 154 valence electrons. The molecule has 4 rings (SSSR count). The third-order valence-electron chi connectivity index (χ3n) is 6.84. The van der Waals surface area contributed by atoms with Crippen LogP contribution >= 0.6 is 23.2 Å². The Labute approximate surface area is 176 Å². The van der Waals surface area contributed by atoms with E-state index in [-0.39, 0.29) is 11.3 Å². The van der Waals surface area contributed by atoms with Gasteiger partial charge in [-0.25, -0.2) is 4.39 Å². The Bertz CT molecular complexity index is 714. The lowest BCUT2D eigenvalue weighted by Gasteiger charge is -2.50. The summed E-state index contributed by atoms with van der Waals surface area (Å²) in [6.45, 7) is 4.41. The van der Waals surface area contributed by atoms with E-state index in [2.05, 4.69) is 15.1 Å². The fraction of sp³-hybridized carbons (Fsp3) is 0.667. The van der Waals surface area contributed by atoms with E-state index in [0.717, 1.165) is 51.0 Å². The van der Waals surface area contributed by atoms with Crippen molar-refractivity contribution in [3.05, 3.63) is 33.8 Å². The van der Waals surface area contributed by atoms with Gasteiger partial charge in [-0.3, -0.25) is 14.6 Å². The molecule has 0 spiro atoms. The zero-order chi connectivity index (χ0) is 19.7. The number of alkyl halides is 1. The average Bonchev–Trinajstić information content (AvgIpc) is 2.67. The fourth-order valence-electron chi connectivity index (χ4n) is 4.85. The summed E-state index contributed by atoms with van der Waals surface area (Å²) in [6.07, 6.45) is 4.60.